The summed E-state index contributed by atoms with van der Waals surface area (Å²) in [4.78, 5) is 26.8. The molecule has 0 bridgehead atoms. The lowest BCUT2D eigenvalue weighted by Crippen LogP contribution is -2.60. The van der Waals surface area contributed by atoms with Gasteiger partial charge in [0.05, 0.1) is 20.3 Å². The Morgan fingerprint density at radius 2 is 1.92 bits per heavy atom. The maximum absolute atomic E-state index is 12.7. The van der Waals surface area contributed by atoms with E-state index in [0.717, 1.165) is 10.4 Å². The number of esters is 1. The van der Waals surface area contributed by atoms with Crippen molar-refractivity contribution in [2.75, 3.05) is 14.2 Å². The number of β-lactam (4-membered cyclic amide) rings is 1. The summed E-state index contributed by atoms with van der Waals surface area (Å²) in [5, 5.41) is 1.95. The summed E-state index contributed by atoms with van der Waals surface area (Å²) in [6.45, 7) is 3.27. The highest BCUT2D eigenvalue weighted by Gasteiger charge is 2.53. The number of ether oxygens (including phenoxy) is 3. The van der Waals surface area contributed by atoms with Crippen molar-refractivity contribution in [1.29, 1.82) is 0 Å². The fourth-order valence-corrected chi connectivity index (χ4v) is 4.08. The van der Waals surface area contributed by atoms with Gasteiger partial charge in [0.2, 0.25) is 6.10 Å². The molecular formula is C19H21NO5S. The van der Waals surface area contributed by atoms with Gasteiger partial charge in [0.1, 0.15) is 6.04 Å². The minimum atomic E-state index is -0.770. The smallest absolute Gasteiger partial charge is 0.303 e. The van der Waals surface area contributed by atoms with E-state index in [9.17, 15) is 9.59 Å². The average Bonchev–Trinajstić information content (AvgIpc) is 3.16. The number of thiophene rings is 1. The number of hydrogen-bond acceptors (Lipinski definition) is 6. The van der Waals surface area contributed by atoms with Gasteiger partial charge < -0.3 is 19.1 Å². The Labute approximate surface area is 156 Å². The van der Waals surface area contributed by atoms with Gasteiger partial charge in [0, 0.05) is 11.8 Å². The third-order valence-electron chi connectivity index (χ3n) is 4.52. The van der Waals surface area contributed by atoms with Gasteiger partial charge in [-0.25, -0.2) is 0 Å². The molecular weight excluding hydrogens is 354 g/mol. The zero-order valence-corrected chi connectivity index (χ0v) is 15.9. The van der Waals surface area contributed by atoms with Crippen LogP contribution in [0.4, 0.5) is 0 Å². The van der Waals surface area contributed by atoms with Crippen molar-refractivity contribution < 1.29 is 23.8 Å². The van der Waals surface area contributed by atoms with Crippen LogP contribution in [0.25, 0.3) is 0 Å². The van der Waals surface area contributed by atoms with Crippen LogP contribution < -0.4 is 9.47 Å². The minimum Gasteiger partial charge on any atom is -0.493 e. The zero-order chi connectivity index (χ0) is 18.8. The van der Waals surface area contributed by atoms with Crippen LogP contribution in [0.15, 0.2) is 35.7 Å². The molecule has 3 rings (SSSR count). The minimum absolute atomic E-state index is 0.194. The van der Waals surface area contributed by atoms with Crippen LogP contribution in [0, 0.1) is 0 Å². The molecule has 3 atom stereocenters. The second kappa shape index (κ2) is 7.37. The second-order valence-corrected chi connectivity index (χ2v) is 7.01. The van der Waals surface area contributed by atoms with E-state index < -0.39 is 12.1 Å². The Hall–Kier alpha value is -2.54. The Bertz CT molecular complexity index is 804. The highest BCUT2D eigenvalue weighted by Crippen LogP contribution is 2.45. The average molecular weight is 375 g/mol. The van der Waals surface area contributed by atoms with Gasteiger partial charge in [0.15, 0.2) is 11.5 Å². The standard InChI is InChI=1S/C19H21NO5S/c1-11(13-7-8-14(23-3)15(10-13)24-4)20-17(16-6-5-9-26-16)18(19(20)22)25-12(2)21/h5-11,17-18H,1-4H3/t11?,17-,18+/m0/s1. The third kappa shape index (κ3) is 3.14. The number of methoxy groups -OCH3 is 2. The molecule has 1 aromatic heterocycles. The molecule has 1 aliphatic rings. The first-order valence-corrected chi connectivity index (χ1v) is 9.10. The first kappa shape index (κ1) is 18.3. The third-order valence-corrected chi connectivity index (χ3v) is 5.46. The van der Waals surface area contributed by atoms with Crippen molar-refractivity contribution in [3.05, 3.63) is 46.2 Å². The van der Waals surface area contributed by atoms with Crippen LogP contribution in [0.2, 0.25) is 0 Å². The Balaban J connectivity index is 1.91. The quantitative estimate of drug-likeness (QED) is 0.572. The molecule has 6 nitrogen and oxygen atoms in total. The number of carbonyl (C=O) groups excluding carboxylic acids is 2. The number of nitrogens with zero attached hydrogens (tertiary/aromatic N) is 1. The van der Waals surface area contributed by atoms with E-state index >= 15 is 0 Å². The molecule has 0 spiro atoms. The predicted molar refractivity (Wildman–Crippen MR) is 97.4 cm³/mol. The summed E-state index contributed by atoms with van der Waals surface area (Å²) in [5.74, 6) is 0.587. The molecule has 0 N–H and O–H groups in total. The summed E-state index contributed by atoms with van der Waals surface area (Å²) < 4.78 is 15.9. The lowest BCUT2D eigenvalue weighted by atomic mass is 9.91. The second-order valence-electron chi connectivity index (χ2n) is 6.03. The van der Waals surface area contributed by atoms with Crippen molar-refractivity contribution in [3.63, 3.8) is 0 Å². The van der Waals surface area contributed by atoms with Crippen LogP contribution >= 0.6 is 11.3 Å². The van der Waals surface area contributed by atoms with E-state index in [1.54, 1.807) is 19.1 Å². The van der Waals surface area contributed by atoms with Crippen LogP contribution in [-0.4, -0.2) is 37.1 Å². The monoisotopic (exact) mass is 375 g/mol. The Morgan fingerprint density at radius 3 is 2.50 bits per heavy atom. The van der Waals surface area contributed by atoms with Gasteiger partial charge in [-0.05, 0) is 36.1 Å². The molecule has 1 saturated heterocycles. The predicted octanol–water partition coefficient (Wildman–Crippen LogP) is 3.34. The molecule has 0 saturated carbocycles. The summed E-state index contributed by atoms with van der Waals surface area (Å²) in [6, 6.07) is 8.97. The van der Waals surface area contributed by atoms with E-state index in [1.807, 2.05) is 42.6 Å². The number of hydrogen-bond donors (Lipinski definition) is 0. The Morgan fingerprint density at radius 1 is 1.19 bits per heavy atom. The van der Waals surface area contributed by atoms with E-state index in [1.165, 1.54) is 18.3 Å². The lowest BCUT2D eigenvalue weighted by molar-refractivity contribution is -0.186. The van der Waals surface area contributed by atoms with Crippen molar-refractivity contribution in [1.82, 2.24) is 4.90 Å². The summed E-state index contributed by atoms with van der Waals surface area (Å²) in [7, 11) is 3.16. The van der Waals surface area contributed by atoms with E-state index in [4.69, 9.17) is 14.2 Å². The molecule has 1 aromatic carbocycles. The van der Waals surface area contributed by atoms with E-state index in [-0.39, 0.29) is 18.0 Å². The van der Waals surface area contributed by atoms with Gasteiger partial charge >= 0.3 is 5.97 Å². The molecule has 26 heavy (non-hydrogen) atoms. The SMILES string of the molecule is COc1ccc(C(C)N2C(=O)[C@H](OC(C)=O)[C@@H]2c2cccs2)cc1OC. The number of likely N-dealkylation sites (tertiary alicyclic amines) is 1. The highest BCUT2D eigenvalue weighted by atomic mass is 32.1. The molecule has 0 aliphatic carbocycles. The van der Waals surface area contributed by atoms with Crippen LogP contribution in [0.5, 0.6) is 11.5 Å². The summed E-state index contributed by atoms with van der Waals surface area (Å²) in [6.07, 6.45) is -0.770. The van der Waals surface area contributed by atoms with E-state index in [0.29, 0.717) is 11.5 Å². The first-order chi connectivity index (χ1) is 12.5. The molecule has 1 fully saturated rings. The first-order valence-electron chi connectivity index (χ1n) is 8.22. The fourth-order valence-electron chi connectivity index (χ4n) is 3.23. The molecule has 1 aliphatic heterocycles. The molecule has 0 radical (unpaired) electrons. The Kier molecular flexibility index (Phi) is 5.18. The van der Waals surface area contributed by atoms with Crippen LogP contribution in [0.1, 0.15) is 36.4 Å². The number of rotatable bonds is 6. The maximum atomic E-state index is 12.7. The van der Waals surface area contributed by atoms with Crippen molar-refractivity contribution in [2.24, 2.45) is 0 Å². The number of amides is 1. The van der Waals surface area contributed by atoms with Gasteiger partial charge in [-0.2, -0.15) is 0 Å². The van der Waals surface area contributed by atoms with Gasteiger partial charge in [-0.3, -0.25) is 9.59 Å². The normalized spacial score (nSPS) is 20.3. The van der Waals surface area contributed by atoms with Crippen molar-refractivity contribution in [2.45, 2.75) is 32.0 Å². The molecule has 2 aromatic rings. The number of carbonyl (C=O) groups is 2. The summed E-state index contributed by atoms with van der Waals surface area (Å²) in [5.41, 5.74) is 0.916. The van der Waals surface area contributed by atoms with Crippen molar-refractivity contribution >= 4 is 23.2 Å². The molecule has 2 heterocycles. The van der Waals surface area contributed by atoms with Gasteiger partial charge in [-0.15, -0.1) is 11.3 Å². The van der Waals surface area contributed by atoms with Crippen molar-refractivity contribution in [3.8, 4) is 11.5 Å². The van der Waals surface area contributed by atoms with Gasteiger partial charge in [0.25, 0.3) is 5.91 Å². The maximum Gasteiger partial charge on any atom is 0.303 e. The van der Waals surface area contributed by atoms with Crippen LogP contribution in [-0.2, 0) is 14.3 Å². The molecule has 1 unspecified atom stereocenters. The zero-order valence-electron chi connectivity index (χ0n) is 15.1. The number of benzene rings is 1. The van der Waals surface area contributed by atoms with Gasteiger partial charge in [-0.1, -0.05) is 12.1 Å². The van der Waals surface area contributed by atoms with E-state index in [2.05, 4.69) is 0 Å². The molecule has 1 amide bonds. The van der Waals surface area contributed by atoms with Crippen LogP contribution in [0.3, 0.4) is 0 Å². The summed E-state index contributed by atoms with van der Waals surface area (Å²) >= 11 is 1.54. The molecule has 138 valence electrons. The topological polar surface area (TPSA) is 65.1 Å². The lowest BCUT2D eigenvalue weighted by Gasteiger charge is -2.48. The fraction of sp³-hybridized carbons (Fsp3) is 0.368. The molecule has 7 heteroatoms. The highest BCUT2D eigenvalue weighted by molar-refractivity contribution is 7.10. The largest absolute Gasteiger partial charge is 0.493 e.